The quantitative estimate of drug-likeness (QED) is 0.346. The van der Waals surface area contributed by atoms with Crippen molar-refractivity contribution in [2.75, 3.05) is 33.3 Å². The van der Waals surface area contributed by atoms with Gasteiger partial charge in [-0.3, -0.25) is 4.99 Å². The molecule has 0 aliphatic carbocycles. The van der Waals surface area contributed by atoms with Crippen molar-refractivity contribution in [3.05, 3.63) is 17.5 Å². The van der Waals surface area contributed by atoms with Gasteiger partial charge in [0, 0.05) is 26.7 Å². The van der Waals surface area contributed by atoms with Crippen LogP contribution in [0.2, 0.25) is 0 Å². The van der Waals surface area contributed by atoms with E-state index < -0.39 is 10.0 Å². The molecule has 0 radical (unpaired) electrons. The van der Waals surface area contributed by atoms with Gasteiger partial charge in [0.15, 0.2) is 5.96 Å². The van der Waals surface area contributed by atoms with Gasteiger partial charge in [0.2, 0.25) is 10.0 Å². The molecule has 0 unspecified atom stereocenters. The van der Waals surface area contributed by atoms with Gasteiger partial charge in [-0.15, -0.1) is 11.3 Å². The van der Waals surface area contributed by atoms with E-state index in [1.54, 1.807) is 24.6 Å². The lowest BCUT2D eigenvalue weighted by Crippen LogP contribution is -2.42. The molecule has 132 valence electrons. The molecule has 0 atom stereocenters. The molecule has 0 saturated heterocycles. The smallest absolute Gasteiger partial charge is 0.250 e. The van der Waals surface area contributed by atoms with Gasteiger partial charge >= 0.3 is 0 Å². The number of hydrogen-bond donors (Lipinski definition) is 3. The summed E-state index contributed by atoms with van der Waals surface area (Å²) in [6.45, 7) is 7.81. The maximum atomic E-state index is 12.0. The van der Waals surface area contributed by atoms with E-state index in [1.165, 1.54) is 11.3 Å². The third-order valence-corrected chi connectivity index (χ3v) is 5.84. The standard InChI is InChI=1S/C14H26N4O3S2/c1-5-15-13(17-11-14(2,3)21-4)16-8-9-18-23(19,20)12-7-6-10-22-12/h6-7,10,18H,5,8-9,11H2,1-4H3,(H2,15,16,17). The first-order valence-electron chi connectivity index (χ1n) is 7.41. The molecule has 0 fully saturated rings. The van der Waals surface area contributed by atoms with Crippen LogP contribution in [-0.4, -0.2) is 53.3 Å². The molecule has 0 bridgehead atoms. The largest absolute Gasteiger partial charge is 0.377 e. The van der Waals surface area contributed by atoms with Crippen LogP contribution in [0.1, 0.15) is 20.8 Å². The summed E-state index contributed by atoms with van der Waals surface area (Å²) in [4.78, 5) is 4.43. The van der Waals surface area contributed by atoms with E-state index in [0.717, 1.165) is 6.54 Å². The minimum absolute atomic E-state index is 0.276. The summed E-state index contributed by atoms with van der Waals surface area (Å²) in [6.07, 6.45) is 0. The lowest BCUT2D eigenvalue weighted by molar-refractivity contribution is 0.0310. The number of rotatable bonds is 9. The maximum Gasteiger partial charge on any atom is 0.250 e. The van der Waals surface area contributed by atoms with Crippen LogP contribution in [0.15, 0.2) is 26.7 Å². The van der Waals surface area contributed by atoms with Crippen molar-refractivity contribution in [3.8, 4) is 0 Å². The number of thiophene rings is 1. The Labute approximate surface area is 142 Å². The first-order chi connectivity index (χ1) is 10.8. The van der Waals surface area contributed by atoms with Crippen molar-refractivity contribution < 1.29 is 13.2 Å². The van der Waals surface area contributed by atoms with Crippen molar-refractivity contribution in [1.82, 2.24) is 15.4 Å². The molecule has 0 aromatic carbocycles. The molecule has 0 aliphatic heterocycles. The van der Waals surface area contributed by atoms with E-state index in [9.17, 15) is 8.42 Å². The minimum atomic E-state index is -3.42. The lowest BCUT2D eigenvalue weighted by atomic mass is 10.1. The predicted octanol–water partition coefficient (Wildman–Crippen LogP) is 1.01. The fourth-order valence-corrected chi connectivity index (χ4v) is 3.60. The highest BCUT2D eigenvalue weighted by molar-refractivity contribution is 7.91. The van der Waals surface area contributed by atoms with Gasteiger partial charge in [-0.2, -0.15) is 0 Å². The molecule has 0 saturated carbocycles. The molecule has 7 nitrogen and oxygen atoms in total. The topological polar surface area (TPSA) is 91.8 Å². The van der Waals surface area contributed by atoms with Crippen LogP contribution in [0.4, 0.5) is 0 Å². The average Bonchev–Trinajstić information content (AvgIpc) is 3.04. The SMILES string of the molecule is CCNC(=NCC(C)(C)OC)NCCNS(=O)(=O)c1cccs1. The Morgan fingerprint density at radius 3 is 2.65 bits per heavy atom. The van der Waals surface area contributed by atoms with Crippen LogP contribution in [0.3, 0.4) is 0 Å². The van der Waals surface area contributed by atoms with Gasteiger partial charge in [-0.25, -0.2) is 13.1 Å². The van der Waals surface area contributed by atoms with Crippen molar-refractivity contribution >= 4 is 27.3 Å². The van der Waals surface area contributed by atoms with Crippen LogP contribution in [0.5, 0.6) is 0 Å². The third-order valence-electron chi connectivity index (χ3n) is 2.98. The molecule has 1 rings (SSSR count). The van der Waals surface area contributed by atoms with Crippen LogP contribution >= 0.6 is 11.3 Å². The van der Waals surface area contributed by atoms with E-state index in [0.29, 0.717) is 23.3 Å². The number of guanidine groups is 1. The molecule has 3 N–H and O–H groups in total. The number of methoxy groups -OCH3 is 1. The zero-order valence-electron chi connectivity index (χ0n) is 14.0. The molecule has 1 aromatic rings. The van der Waals surface area contributed by atoms with Crippen LogP contribution in [0.25, 0.3) is 0 Å². The van der Waals surface area contributed by atoms with Gasteiger partial charge in [0.1, 0.15) is 4.21 Å². The van der Waals surface area contributed by atoms with E-state index in [1.807, 2.05) is 20.8 Å². The molecule has 1 heterocycles. The zero-order chi connectivity index (χ0) is 17.3. The highest BCUT2D eigenvalue weighted by Crippen LogP contribution is 2.14. The van der Waals surface area contributed by atoms with E-state index >= 15 is 0 Å². The summed E-state index contributed by atoms with van der Waals surface area (Å²) in [5.41, 5.74) is -0.344. The number of nitrogens with one attached hydrogen (secondary N) is 3. The number of ether oxygens (including phenoxy) is 1. The normalized spacial score (nSPS) is 13.1. The van der Waals surface area contributed by atoms with E-state index in [2.05, 4.69) is 20.3 Å². The molecule has 0 amide bonds. The highest BCUT2D eigenvalue weighted by atomic mass is 32.2. The van der Waals surface area contributed by atoms with Gasteiger partial charge < -0.3 is 15.4 Å². The Hall–Kier alpha value is -1.16. The predicted molar refractivity (Wildman–Crippen MR) is 94.6 cm³/mol. The van der Waals surface area contributed by atoms with Gasteiger partial charge in [0.25, 0.3) is 0 Å². The monoisotopic (exact) mass is 362 g/mol. The van der Waals surface area contributed by atoms with E-state index in [4.69, 9.17) is 4.74 Å². The Bertz CT molecular complexity index is 583. The second-order valence-electron chi connectivity index (χ2n) is 5.42. The first-order valence-corrected chi connectivity index (χ1v) is 9.77. The summed E-state index contributed by atoms with van der Waals surface area (Å²) in [5.74, 6) is 0.632. The number of sulfonamides is 1. The molecule has 23 heavy (non-hydrogen) atoms. The van der Waals surface area contributed by atoms with Crippen molar-refractivity contribution in [2.24, 2.45) is 4.99 Å². The highest BCUT2D eigenvalue weighted by Gasteiger charge is 2.16. The molecule has 1 aromatic heterocycles. The fourth-order valence-electron chi connectivity index (χ4n) is 1.53. The summed E-state index contributed by atoms with van der Waals surface area (Å²) in [5, 5.41) is 7.94. The average molecular weight is 363 g/mol. The summed E-state index contributed by atoms with van der Waals surface area (Å²) in [6, 6.07) is 3.30. The number of hydrogen-bond acceptors (Lipinski definition) is 5. The van der Waals surface area contributed by atoms with Crippen molar-refractivity contribution in [1.29, 1.82) is 0 Å². The van der Waals surface area contributed by atoms with E-state index in [-0.39, 0.29) is 12.1 Å². The number of aliphatic imine (C=N–C) groups is 1. The Balaban J connectivity index is 2.46. The first kappa shape index (κ1) is 19.9. The van der Waals surface area contributed by atoms with Gasteiger partial charge in [0.05, 0.1) is 12.1 Å². The van der Waals surface area contributed by atoms with Gasteiger partial charge in [-0.05, 0) is 32.2 Å². The zero-order valence-corrected chi connectivity index (χ0v) is 15.7. The van der Waals surface area contributed by atoms with Crippen LogP contribution < -0.4 is 15.4 Å². The Morgan fingerprint density at radius 2 is 2.09 bits per heavy atom. The fraction of sp³-hybridized carbons (Fsp3) is 0.643. The molecule has 0 spiro atoms. The summed E-state index contributed by atoms with van der Waals surface area (Å²) >= 11 is 1.19. The second-order valence-corrected chi connectivity index (χ2v) is 8.36. The minimum Gasteiger partial charge on any atom is -0.377 e. The van der Waals surface area contributed by atoms with Crippen molar-refractivity contribution in [2.45, 2.75) is 30.6 Å². The lowest BCUT2D eigenvalue weighted by Gasteiger charge is -2.21. The van der Waals surface area contributed by atoms with Gasteiger partial charge in [-0.1, -0.05) is 6.07 Å². The maximum absolute atomic E-state index is 12.0. The molecule has 0 aliphatic rings. The molecular formula is C14H26N4O3S2. The van der Waals surface area contributed by atoms with Crippen molar-refractivity contribution in [3.63, 3.8) is 0 Å². The Kier molecular flexibility index (Phi) is 7.97. The second kappa shape index (κ2) is 9.21. The third kappa shape index (κ3) is 7.30. The van der Waals surface area contributed by atoms with Crippen LogP contribution in [-0.2, 0) is 14.8 Å². The number of nitrogens with zero attached hydrogens (tertiary/aromatic N) is 1. The van der Waals surface area contributed by atoms with Crippen LogP contribution in [0, 0.1) is 0 Å². The molecular weight excluding hydrogens is 336 g/mol. The summed E-state index contributed by atoms with van der Waals surface area (Å²) < 4.78 is 32.1. The molecule has 9 heteroatoms. The summed E-state index contributed by atoms with van der Waals surface area (Å²) in [7, 11) is -1.77. The Morgan fingerprint density at radius 1 is 1.35 bits per heavy atom.